The molecule has 0 aromatic heterocycles. The number of carbonyl (C=O) groups is 1. The molecule has 3 rings (SSSR count). The molecule has 0 amide bonds. The van der Waals surface area contributed by atoms with E-state index in [1.807, 2.05) is 18.2 Å². The summed E-state index contributed by atoms with van der Waals surface area (Å²) in [7, 11) is 0. The van der Waals surface area contributed by atoms with Gasteiger partial charge in [-0.1, -0.05) is 0 Å². The summed E-state index contributed by atoms with van der Waals surface area (Å²) >= 11 is 0. The summed E-state index contributed by atoms with van der Waals surface area (Å²) in [6, 6.07) is 13.2. The number of carboxylic acid groups (broad SMARTS) is 1. The Kier molecular flexibility index (Phi) is 6.08. The van der Waals surface area contributed by atoms with Gasteiger partial charge in [0.15, 0.2) is 0 Å². The molecule has 0 saturated carbocycles. The predicted molar refractivity (Wildman–Crippen MR) is 111 cm³/mol. The van der Waals surface area contributed by atoms with Crippen LogP contribution in [0.1, 0.15) is 30.1 Å². The van der Waals surface area contributed by atoms with Crippen molar-refractivity contribution < 1.29 is 9.90 Å². The van der Waals surface area contributed by atoms with Gasteiger partial charge in [0.05, 0.1) is 16.9 Å². The van der Waals surface area contributed by atoms with Crippen LogP contribution in [0.5, 0.6) is 0 Å². The third-order valence-corrected chi connectivity index (χ3v) is 4.99. The van der Waals surface area contributed by atoms with Crippen LogP contribution in [0.2, 0.25) is 0 Å². The minimum Gasteiger partial charge on any atom is -0.478 e. The Bertz CT molecular complexity index is 804. The number of anilines is 3. The molecule has 2 aromatic rings. The second-order valence-electron chi connectivity index (χ2n) is 6.85. The Morgan fingerprint density at radius 2 is 2.00 bits per heavy atom. The molecule has 1 atom stereocenters. The van der Waals surface area contributed by atoms with Crippen molar-refractivity contribution in [1.82, 2.24) is 4.90 Å². The van der Waals surface area contributed by atoms with Crippen LogP contribution in [0, 0.1) is 0 Å². The zero-order valence-corrected chi connectivity index (χ0v) is 15.6. The van der Waals surface area contributed by atoms with Crippen LogP contribution >= 0.6 is 0 Å². The normalized spacial score (nSPS) is 16.9. The molecule has 1 saturated heterocycles. The highest BCUT2D eigenvalue weighted by Crippen LogP contribution is 2.30. The molecule has 27 heavy (non-hydrogen) atoms. The van der Waals surface area contributed by atoms with Crippen molar-refractivity contribution in [3.8, 4) is 0 Å². The number of carboxylic acids is 1. The van der Waals surface area contributed by atoms with E-state index >= 15 is 0 Å². The first-order valence-corrected chi connectivity index (χ1v) is 9.26. The molecule has 2 aromatic carbocycles. The lowest BCUT2D eigenvalue weighted by molar-refractivity contribution is 0.0697. The number of nitrogens with zero attached hydrogens (tertiary/aromatic N) is 2. The van der Waals surface area contributed by atoms with E-state index in [9.17, 15) is 4.79 Å². The van der Waals surface area contributed by atoms with E-state index in [-0.39, 0.29) is 5.56 Å². The first kappa shape index (κ1) is 18.9. The van der Waals surface area contributed by atoms with Gasteiger partial charge < -0.3 is 15.7 Å². The number of benzene rings is 2. The summed E-state index contributed by atoms with van der Waals surface area (Å²) in [5.74, 6) is -0.932. The Morgan fingerprint density at radius 3 is 2.63 bits per heavy atom. The van der Waals surface area contributed by atoms with Crippen molar-refractivity contribution >= 4 is 35.4 Å². The largest absolute Gasteiger partial charge is 0.478 e. The van der Waals surface area contributed by atoms with Gasteiger partial charge in [0.2, 0.25) is 0 Å². The van der Waals surface area contributed by atoms with Gasteiger partial charge in [0.1, 0.15) is 0 Å². The van der Waals surface area contributed by atoms with Crippen LogP contribution in [-0.4, -0.2) is 48.4 Å². The third kappa shape index (κ3) is 4.86. The number of hydrogen-bond donors (Lipinski definition) is 3. The Morgan fingerprint density at radius 1 is 1.26 bits per heavy atom. The molecule has 1 fully saturated rings. The maximum Gasteiger partial charge on any atom is 0.335 e. The molecule has 1 aliphatic heterocycles. The van der Waals surface area contributed by atoms with Crippen molar-refractivity contribution in [3.05, 3.63) is 48.0 Å². The zero-order valence-electron chi connectivity index (χ0n) is 15.6. The molecule has 0 spiro atoms. The van der Waals surface area contributed by atoms with E-state index in [0.717, 1.165) is 35.8 Å². The molecule has 1 aliphatic rings. The Labute approximate surface area is 159 Å². The van der Waals surface area contributed by atoms with Gasteiger partial charge in [-0.05, 0) is 75.5 Å². The van der Waals surface area contributed by atoms with E-state index in [4.69, 9.17) is 5.11 Å². The van der Waals surface area contributed by atoms with Crippen LogP contribution < -0.4 is 10.6 Å². The summed E-state index contributed by atoms with van der Waals surface area (Å²) in [4.78, 5) is 17.6. The molecule has 0 radical (unpaired) electrons. The van der Waals surface area contributed by atoms with Crippen molar-refractivity contribution in [1.29, 1.82) is 0 Å². The second-order valence-corrected chi connectivity index (χ2v) is 6.85. The van der Waals surface area contributed by atoms with E-state index in [0.29, 0.717) is 6.04 Å². The first-order valence-electron chi connectivity index (χ1n) is 9.26. The smallest absolute Gasteiger partial charge is 0.335 e. The lowest BCUT2D eigenvalue weighted by atomic mass is 10.2. The highest BCUT2D eigenvalue weighted by Gasteiger charge is 2.19. The number of nitrogens with one attached hydrogen (secondary N) is 2. The van der Waals surface area contributed by atoms with Crippen molar-refractivity contribution in [2.75, 3.05) is 30.3 Å². The van der Waals surface area contributed by atoms with Crippen molar-refractivity contribution in [2.45, 2.75) is 25.8 Å². The minimum atomic E-state index is -0.932. The topological polar surface area (TPSA) is 77.0 Å². The quantitative estimate of drug-likeness (QED) is 0.605. The van der Waals surface area contributed by atoms with Gasteiger partial charge in [0, 0.05) is 30.5 Å². The lowest BCUT2D eigenvalue weighted by Crippen LogP contribution is -2.31. The molecule has 1 heterocycles. The Hall–Kier alpha value is -2.86. The number of aliphatic imine (C=N–C) groups is 1. The van der Waals surface area contributed by atoms with Gasteiger partial charge in [-0.25, -0.2) is 4.79 Å². The monoisotopic (exact) mass is 366 g/mol. The van der Waals surface area contributed by atoms with Gasteiger partial charge in [-0.15, -0.1) is 0 Å². The zero-order chi connectivity index (χ0) is 19.2. The molecule has 1 unspecified atom stereocenters. The predicted octanol–water partition coefficient (Wildman–Crippen LogP) is 4.36. The number of aromatic carboxylic acids is 1. The fourth-order valence-corrected chi connectivity index (χ4v) is 3.41. The Balaban J connectivity index is 1.61. The molecule has 6 heteroatoms. The minimum absolute atomic E-state index is 0.265. The molecule has 142 valence electrons. The van der Waals surface area contributed by atoms with Gasteiger partial charge in [0.25, 0.3) is 0 Å². The SMILES string of the molecule is C=Nc1cc(Nc2ccc(C(=O)O)cc2)ccc1NCCN1CCCC1C. The van der Waals surface area contributed by atoms with Gasteiger partial charge in [-0.3, -0.25) is 9.89 Å². The standard InChI is InChI=1S/C21H26N4O2/c1-15-4-3-12-25(15)13-11-23-19-10-9-18(14-20(19)22-2)24-17-7-5-16(6-8-17)21(26)27/h5-10,14-15,23-24H,2-4,11-13H2,1H3,(H,26,27). The van der Waals surface area contributed by atoms with Crippen LogP contribution in [0.4, 0.5) is 22.7 Å². The maximum atomic E-state index is 10.9. The van der Waals surface area contributed by atoms with E-state index in [2.05, 4.69) is 34.2 Å². The summed E-state index contributed by atoms with van der Waals surface area (Å²) in [5, 5.41) is 15.7. The summed E-state index contributed by atoms with van der Waals surface area (Å²) < 4.78 is 0. The lowest BCUT2D eigenvalue weighted by Gasteiger charge is -2.21. The fourth-order valence-electron chi connectivity index (χ4n) is 3.41. The highest BCUT2D eigenvalue weighted by atomic mass is 16.4. The van der Waals surface area contributed by atoms with Crippen molar-refractivity contribution in [3.63, 3.8) is 0 Å². The van der Waals surface area contributed by atoms with Crippen molar-refractivity contribution in [2.24, 2.45) is 4.99 Å². The number of hydrogen-bond acceptors (Lipinski definition) is 5. The van der Waals surface area contributed by atoms with Crippen LogP contribution in [-0.2, 0) is 0 Å². The highest BCUT2D eigenvalue weighted by molar-refractivity contribution is 5.88. The average molecular weight is 366 g/mol. The molecule has 6 nitrogen and oxygen atoms in total. The third-order valence-electron chi connectivity index (χ3n) is 4.99. The van der Waals surface area contributed by atoms with Crippen LogP contribution in [0.3, 0.4) is 0 Å². The average Bonchev–Trinajstić information content (AvgIpc) is 3.08. The molecular formula is C21H26N4O2. The number of rotatable bonds is 8. The summed E-state index contributed by atoms with van der Waals surface area (Å²) in [6.45, 7) is 9.03. The maximum absolute atomic E-state index is 10.9. The molecular weight excluding hydrogens is 340 g/mol. The van der Waals surface area contributed by atoms with E-state index in [1.54, 1.807) is 24.3 Å². The number of likely N-dealkylation sites (tertiary alicyclic amines) is 1. The molecule has 0 bridgehead atoms. The van der Waals surface area contributed by atoms with Crippen LogP contribution in [0.25, 0.3) is 0 Å². The van der Waals surface area contributed by atoms with Crippen LogP contribution in [0.15, 0.2) is 47.5 Å². The molecule has 0 aliphatic carbocycles. The molecule has 3 N–H and O–H groups in total. The fraction of sp³-hybridized carbons (Fsp3) is 0.333. The summed E-state index contributed by atoms with van der Waals surface area (Å²) in [5.41, 5.74) is 3.71. The van der Waals surface area contributed by atoms with Gasteiger partial charge in [-0.2, -0.15) is 0 Å². The summed E-state index contributed by atoms with van der Waals surface area (Å²) in [6.07, 6.45) is 2.57. The van der Waals surface area contributed by atoms with E-state index in [1.165, 1.54) is 19.4 Å². The second kappa shape index (κ2) is 8.68. The van der Waals surface area contributed by atoms with Gasteiger partial charge >= 0.3 is 5.97 Å². The van der Waals surface area contributed by atoms with E-state index < -0.39 is 5.97 Å². The first-order chi connectivity index (χ1) is 13.1.